The third-order valence-corrected chi connectivity index (χ3v) is 6.18. The molecule has 4 aromatic rings. The molecule has 174 valence electrons. The molecule has 2 heterocycles. The summed E-state index contributed by atoms with van der Waals surface area (Å²) >= 11 is 0. The lowest BCUT2D eigenvalue weighted by Gasteiger charge is -2.15. The second-order valence-corrected chi connectivity index (χ2v) is 9.13. The molecule has 0 spiro atoms. The SMILES string of the molecule is CC(C)Oc1cccc(-c2c(-c3ccnc(F)c3)c3cc(C4CC4)ccc3n2CCC(=O)O)c1. The summed E-state index contributed by atoms with van der Waals surface area (Å²) in [5, 5.41) is 10.4. The number of carboxylic acid groups (broad SMARTS) is 1. The number of fused-ring (bicyclic) bond motifs is 1. The van der Waals surface area contributed by atoms with Gasteiger partial charge in [0.2, 0.25) is 5.95 Å². The maximum absolute atomic E-state index is 14.3. The van der Waals surface area contributed by atoms with Crippen molar-refractivity contribution in [3.05, 3.63) is 72.3 Å². The molecule has 0 radical (unpaired) electrons. The van der Waals surface area contributed by atoms with Crippen molar-refractivity contribution in [2.24, 2.45) is 0 Å². The summed E-state index contributed by atoms with van der Waals surface area (Å²) < 4.78 is 22.2. The van der Waals surface area contributed by atoms with Crippen LogP contribution in [0, 0.1) is 5.95 Å². The Morgan fingerprint density at radius 2 is 1.97 bits per heavy atom. The highest BCUT2D eigenvalue weighted by molar-refractivity contribution is 6.05. The first-order chi connectivity index (χ1) is 16.4. The van der Waals surface area contributed by atoms with Crippen LogP contribution in [0.3, 0.4) is 0 Å². The van der Waals surface area contributed by atoms with Crippen molar-refractivity contribution < 1.29 is 19.0 Å². The molecule has 2 aromatic carbocycles. The van der Waals surface area contributed by atoms with E-state index in [2.05, 4.69) is 23.2 Å². The third kappa shape index (κ3) is 4.40. The summed E-state index contributed by atoms with van der Waals surface area (Å²) in [7, 11) is 0. The highest BCUT2D eigenvalue weighted by atomic mass is 19.1. The summed E-state index contributed by atoms with van der Waals surface area (Å²) in [5.41, 5.74) is 5.53. The van der Waals surface area contributed by atoms with E-state index in [0.717, 1.165) is 33.5 Å². The minimum atomic E-state index is -0.865. The number of carboxylic acids is 1. The van der Waals surface area contributed by atoms with Gasteiger partial charge in [-0.3, -0.25) is 4.79 Å². The van der Waals surface area contributed by atoms with Gasteiger partial charge in [0.05, 0.1) is 18.2 Å². The minimum Gasteiger partial charge on any atom is -0.491 e. The van der Waals surface area contributed by atoms with Crippen LogP contribution in [0.4, 0.5) is 4.39 Å². The van der Waals surface area contributed by atoms with E-state index in [1.165, 1.54) is 30.7 Å². The summed E-state index contributed by atoms with van der Waals surface area (Å²) in [6.45, 7) is 4.25. The average molecular weight is 459 g/mol. The van der Waals surface area contributed by atoms with E-state index >= 15 is 0 Å². The van der Waals surface area contributed by atoms with Crippen molar-refractivity contribution in [2.45, 2.75) is 51.7 Å². The van der Waals surface area contributed by atoms with Gasteiger partial charge in [0, 0.05) is 40.8 Å². The quantitative estimate of drug-likeness (QED) is 0.300. The van der Waals surface area contributed by atoms with Gasteiger partial charge in [-0.25, -0.2) is 4.98 Å². The van der Waals surface area contributed by atoms with Gasteiger partial charge in [0.15, 0.2) is 0 Å². The number of pyridine rings is 1. The van der Waals surface area contributed by atoms with E-state index < -0.39 is 11.9 Å². The first-order valence-corrected chi connectivity index (χ1v) is 11.7. The highest BCUT2D eigenvalue weighted by Gasteiger charge is 2.26. The van der Waals surface area contributed by atoms with Gasteiger partial charge in [0.25, 0.3) is 0 Å². The van der Waals surface area contributed by atoms with Crippen molar-refractivity contribution in [1.29, 1.82) is 0 Å². The number of nitrogens with zero attached hydrogens (tertiary/aromatic N) is 2. The predicted octanol–water partition coefficient (Wildman–Crippen LogP) is 6.65. The smallest absolute Gasteiger partial charge is 0.305 e. The van der Waals surface area contributed by atoms with Gasteiger partial charge >= 0.3 is 5.97 Å². The Kier molecular flexibility index (Phi) is 5.82. The van der Waals surface area contributed by atoms with Crippen LogP contribution >= 0.6 is 0 Å². The van der Waals surface area contributed by atoms with Gasteiger partial charge in [-0.2, -0.15) is 4.39 Å². The topological polar surface area (TPSA) is 64.4 Å². The van der Waals surface area contributed by atoms with E-state index in [1.807, 2.05) is 42.7 Å². The first-order valence-electron chi connectivity index (χ1n) is 11.7. The lowest BCUT2D eigenvalue weighted by Crippen LogP contribution is -2.07. The molecular weight excluding hydrogens is 431 g/mol. The number of benzene rings is 2. The fraction of sp³-hybridized carbons (Fsp3) is 0.286. The molecular formula is C28H27FN2O3. The zero-order chi connectivity index (χ0) is 23.8. The van der Waals surface area contributed by atoms with Crippen LogP contribution in [-0.2, 0) is 11.3 Å². The Morgan fingerprint density at radius 1 is 1.15 bits per heavy atom. The molecule has 0 atom stereocenters. The summed E-state index contributed by atoms with van der Waals surface area (Å²) in [4.78, 5) is 15.3. The highest BCUT2D eigenvalue weighted by Crippen LogP contribution is 2.46. The number of rotatable bonds is 8. The number of ether oxygens (including phenoxy) is 1. The van der Waals surface area contributed by atoms with Gasteiger partial charge in [-0.15, -0.1) is 0 Å². The number of aromatic nitrogens is 2. The number of halogens is 1. The zero-order valence-corrected chi connectivity index (χ0v) is 19.3. The fourth-order valence-corrected chi connectivity index (χ4v) is 4.62. The Hall–Kier alpha value is -3.67. The summed E-state index contributed by atoms with van der Waals surface area (Å²) in [5.74, 6) is -0.131. The summed E-state index contributed by atoms with van der Waals surface area (Å²) in [6, 6.07) is 17.4. The van der Waals surface area contributed by atoms with Crippen LogP contribution < -0.4 is 4.74 Å². The normalized spacial score (nSPS) is 13.5. The number of hydrogen-bond donors (Lipinski definition) is 1. The van der Waals surface area contributed by atoms with E-state index in [4.69, 9.17) is 4.74 Å². The Labute approximate surface area is 197 Å². The number of carbonyl (C=O) groups is 1. The second-order valence-electron chi connectivity index (χ2n) is 9.13. The molecule has 0 amide bonds. The van der Waals surface area contributed by atoms with Gasteiger partial charge in [-0.1, -0.05) is 18.2 Å². The van der Waals surface area contributed by atoms with Crippen LogP contribution in [0.1, 0.15) is 44.6 Å². The largest absolute Gasteiger partial charge is 0.491 e. The molecule has 0 unspecified atom stereocenters. The predicted molar refractivity (Wildman–Crippen MR) is 131 cm³/mol. The molecule has 34 heavy (non-hydrogen) atoms. The molecule has 1 fully saturated rings. The monoisotopic (exact) mass is 458 g/mol. The number of aliphatic carboxylic acids is 1. The number of hydrogen-bond acceptors (Lipinski definition) is 3. The van der Waals surface area contributed by atoms with Crippen LogP contribution in [-0.4, -0.2) is 26.7 Å². The Bertz CT molecular complexity index is 1370. The molecule has 1 aliphatic carbocycles. The molecule has 0 bridgehead atoms. The fourth-order valence-electron chi connectivity index (χ4n) is 4.62. The van der Waals surface area contributed by atoms with Gasteiger partial charge < -0.3 is 14.4 Å². The molecule has 0 saturated heterocycles. The molecule has 1 N–H and O–H groups in total. The molecule has 5 nitrogen and oxygen atoms in total. The van der Waals surface area contributed by atoms with Crippen molar-refractivity contribution in [3.63, 3.8) is 0 Å². The van der Waals surface area contributed by atoms with Crippen molar-refractivity contribution in [1.82, 2.24) is 9.55 Å². The van der Waals surface area contributed by atoms with Gasteiger partial charge in [-0.05, 0) is 74.1 Å². The molecule has 0 aliphatic heterocycles. The second kappa shape index (κ2) is 8.93. The number of aryl methyl sites for hydroxylation is 1. The van der Waals surface area contributed by atoms with Crippen LogP contribution in [0.5, 0.6) is 5.75 Å². The lowest BCUT2D eigenvalue weighted by molar-refractivity contribution is -0.137. The van der Waals surface area contributed by atoms with Gasteiger partial charge in [0.1, 0.15) is 5.75 Å². The summed E-state index contributed by atoms with van der Waals surface area (Å²) in [6.07, 6.45) is 3.81. The third-order valence-electron chi connectivity index (χ3n) is 6.18. The molecule has 1 aliphatic rings. The average Bonchev–Trinajstić information content (AvgIpc) is 3.59. The molecule has 6 heteroatoms. The van der Waals surface area contributed by atoms with Crippen LogP contribution in [0.2, 0.25) is 0 Å². The lowest BCUT2D eigenvalue weighted by atomic mass is 9.97. The Balaban J connectivity index is 1.81. The molecule has 5 rings (SSSR count). The zero-order valence-electron chi connectivity index (χ0n) is 19.3. The maximum Gasteiger partial charge on any atom is 0.305 e. The molecule has 1 saturated carbocycles. The van der Waals surface area contributed by atoms with Crippen molar-refractivity contribution in [3.8, 4) is 28.1 Å². The van der Waals surface area contributed by atoms with Crippen molar-refractivity contribution >= 4 is 16.9 Å². The maximum atomic E-state index is 14.3. The Morgan fingerprint density at radius 3 is 2.68 bits per heavy atom. The van der Waals surface area contributed by atoms with E-state index in [9.17, 15) is 14.3 Å². The van der Waals surface area contributed by atoms with E-state index in [-0.39, 0.29) is 12.5 Å². The van der Waals surface area contributed by atoms with Crippen LogP contribution in [0.25, 0.3) is 33.3 Å². The van der Waals surface area contributed by atoms with Crippen molar-refractivity contribution in [2.75, 3.05) is 0 Å². The first kappa shape index (κ1) is 22.1. The minimum absolute atomic E-state index is 0.0167. The van der Waals surface area contributed by atoms with Crippen LogP contribution in [0.15, 0.2) is 60.8 Å². The van der Waals surface area contributed by atoms with E-state index in [0.29, 0.717) is 18.0 Å². The molecule has 2 aromatic heterocycles. The van der Waals surface area contributed by atoms with E-state index in [1.54, 1.807) is 6.07 Å². The standard InChI is InChI=1S/C28H27FN2O3/c1-17(2)34-22-5-3-4-21(14-22)28-27(20-10-12-30-25(29)16-20)23-15-19(18-6-7-18)8-9-24(23)31(28)13-11-26(32)33/h3-5,8-10,12,14-18H,6-7,11,13H2,1-2H3,(H,32,33).